The van der Waals surface area contributed by atoms with E-state index in [1.165, 1.54) is 0 Å². The number of halogens is 1. The van der Waals surface area contributed by atoms with Gasteiger partial charge in [0.15, 0.2) is 0 Å². The molecule has 2 unspecified atom stereocenters. The second kappa shape index (κ2) is 7.14. The zero-order valence-electron chi connectivity index (χ0n) is 12.9. The molecular formula is C16H23ClN2O2. The number of nitrogens with one attached hydrogen (secondary N) is 1. The molecule has 1 aromatic carbocycles. The number of hydrogen-bond donors (Lipinski definition) is 1. The van der Waals surface area contributed by atoms with Crippen LogP contribution < -0.4 is 10.1 Å². The highest BCUT2D eigenvalue weighted by Crippen LogP contribution is 2.30. The first-order chi connectivity index (χ1) is 10.0. The van der Waals surface area contributed by atoms with E-state index in [-0.39, 0.29) is 18.1 Å². The van der Waals surface area contributed by atoms with Crippen LogP contribution in [0.5, 0.6) is 5.75 Å². The van der Waals surface area contributed by atoms with Gasteiger partial charge in [-0.15, -0.1) is 0 Å². The Labute approximate surface area is 131 Å². The Morgan fingerprint density at radius 1 is 1.48 bits per heavy atom. The molecule has 0 bridgehead atoms. The summed E-state index contributed by atoms with van der Waals surface area (Å²) in [4.78, 5) is 14.0. The van der Waals surface area contributed by atoms with Gasteiger partial charge in [0, 0.05) is 31.1 Å². The Balaban J connectivity index is 1.84. The summed E-state index contributed by atoms with van der Waals surface area (Å²) < 4.78 is 5.86. The van der Waals surface area contributed by atoms with Crippen LogP contribution in [0.15, 0.2) is 18.2 Å². The molecule has 2 rings (SSSR count). The van der Waals surface area contributed by atoms with Gasteiger partial charge in [-0.25, -0.2) is 0 Å². The van der Waals surface area contributed by atoms with E-state index >= 15 is 0 Å². The van der Waals surface area contributed by atoms with Crippen molar-refractivity contribution in [1.29, 1.82) is 0 Å². The Kier molecular flexibility index (Phi) is 5.48. The minimum atomic E-state index is -0.194. The van der Waals surface area contributed by atoms with E-state index < -0.39 is 0 Å². The van der Waals surface area contributed by atoms with Crippen molar-refractivity contribution in [2.24, 2.45) is 0 Å². The van der Waals surface area contributed by atoms with Crippen LogP contribution in [0, 0.1) is 0 Å². The quantitative estimate of drug-likeness (QED) is 0.878. The Hall–Kier alpha value is -1.26. The molecule has 1 heterocycles. The summed E-state index contributed by atoms with van der Waals surface area (Å²) in [6.07, 6.45) is 0.889. The molecule has 4 nitrogen and oxygen atoms in total. The van der Waals surface area contributed by atoms with Gasteiger partial charge in [-0.05, 0) is 44.5 Å². The van der Waals surface area contributed by atoms with Crippen LogP contribution in [0.4, 0.5) is 0 Å². The molecule has 1 aromatic rings. The van der Waals surface area contributed by atoms with Gasteiger partial charge >= 0.3 is 0 Å². The van der Waals surface area contributed by atoms with Crippen LogP contribution in [0.2, 0.25) is 5.02 Å². The predicted octanol–water partition coefficient (Wildman–Crippen LogP) is 2.49. The van der Waals surface area contributed by atoms with Crippen molar-refractivity contribution < 1.29 is 9.53 Å². The van der Waals surface area contributed by atoms with Gasteiger partial charge in [0.2, 0.25) is 5.91 Å². The molecule has 5 heteroatoms. The predicted molar refractivity (Wildman–Crippen MR) is 85.0 cm³/mol. The SMILES string of the molecule is CCN(CC)C(=O)C(C)NCC1Cc2cc(Cl)ccc2O1. The zero-order valence-corrected chi connectivity index (χ0v) is 13.6. The number of hydrogen-bond acceptors (Lipinski definition) is 3. The standard InChI is InChI=1S/C16H23ClN2O2/c1-4-19(5-2)16(20)11(3)18-10-14-9-12-8-13(17)6-7-15(12)21-14/h6-8,11,14,18H,4-5,9-10H2,1-3H3. The van der Waals surface area contributed by atoms with Crippen LogP contribution in [0.25, 0.3) is 0 Å². The van der Waals surface area contributed by atoms with Gasteiger partial charge in [0.1, 0.15) is 11.9 Å². The fourth-order valence-corrected chi connectivity index (χ4v) is 2.80. The summed E-state index contributed by atoms with van der Waals surface area (Å²) in [6.45, 7) is 8.03. The molecule has 1 aliphatic rings. The summed E-state index contributed by atoms with van der Waals surface area (Å²) in [5, 5.41) is 4.01. The zero-order chi connectivity index (χ0) is 15.4. The van der Waals surface area contributed by atoms with E-state index in [9.17, 15) is 4.79 Å². The van der Waals surface area contributed by atoms with E-state index in [1.54, 1.807) is 0 Å². The van der Waals surface area contributed by atoms with Gasteiger partial charge in [0.05, 0.1) is 6.04 Å². The van der Waals surface area contributed by atoms with Crippen molar-refractivity contribution in [2.45, 2.75) is 39.3 Å². The molecule has 2 atom stereocenters. The van der Waals surface area contributed by atoms with Crippen molar-refractivity contribution in [3.05, 3.63) is 28.8 Å². The molecule has 0 fully saturated rings. The maximum atomic E-state index is 12.2. The smallest absolute Gasteiger partial charge is 0.239 e. The van der Waals surface area contributed by atoms with E-state index in [0.29, 0.717) is 6.54 Å². The summed E-state index contributed by atoms with van der Waals surface area (Å²) in [5.41, 5.74) is 1.14. The maximum absolute atomic E-state index is 12.2. The molecule has 116 valence electrons. The lowest BCUT2D eigenvalue weighted by atomic mass is 10.1. The number of carbonyl (C=O) groups is 1. The number of amides is 1. The number of carbonyl (C=O) groups excluding carboxylic acids is 1. The Bertz CT molecular complexity index is 503. The van der Waals surface area contributed by atoms with E-state index in [1.807, 2.05) is 43.9 Å². The lowest BCUT2D eigenvalue weighted by Crippen LogP contribution is -2.47. The lowest BCUT2D eigenvalue weighted by Gasteiger charge is -2.24. The Morgan fingerprint density at radius 3 is 2.86 bits per heavy atom. The van der Waals surface area contributed by atoms with Crippen molar-refractivity contribution in [3.63, 3.8) is 0 Å². The van der Waals surface area contributed by atoms with Crippen molar-refractivity contribution >= 4 is 17.5 Å². The van der Waals surface area contributed by atoms with Gasteiger partial charge in [-0.3, -0.25) is 4.79 Å². The summed E-state index contributed by atoms with van der Waals surface area (Å²) in [5.74, 6) is 1.03. The molecule has 1 N–H and O–H groups in total. The molecule has 1 amide bonds. The number of rotatable bonds is 6. The largest absolute Gasteiger partial charge is 0.488 e. The minimum Gasteiger partial charge on any atom is -0.488 e. The molecular weight excluding hydrogens is 288 g/mol. The highest BCUT2D eigenvalue weighted by Gasteiger charge is 2.25. The Morgan fingerprint density at radius 2 is 2.19 bits per heavy atom. The van der Waals surface area contributed by atoms with Crippen LogP contribution >= 0.6 is 11.6 Å². The molecule has 0 saturated carbocycles. The summed E-state index contributed by atoms with van der Waals surface area (Å²) in [7, 11) is 0. The van der Waals surface area contributed by atoms with Crippen molar-refractivity contribution in [3.8, 4) is 5.75 Å². The van der Waals surface area contributed by atoms with Gasteiger partial charge < -0.3 is 15.0 Å². The first-order valence-corrected chi connectivity index (χ1v) is 7.90. The minimum absolute atomic E-state index is 0.0606. The average Bonchev–Trinajstić information content (AvgIpc) is 2.87. The normalized spacial score (nSPS) is 18.0. The second-order valence-corrected chi connectivity index (χ2v) is 5.77. The molecule has 0 aliphatic carbocycles. The first-order valence-electron chi connectivity index (χ1n) is 7.52. The third kappa shape index (κ3) is 3.89. The highest BCUT2D eigenvalue weighted by molar-refractivity contribution is 6.30. The average molecular weight is 311 g/mol. The third-order valence-corrected chi connectivity index (χ3v) is 4.10. The molecule has 0 radical (unpaired) electrons. The number of ether oxygens (including phenoxy) is 1. The summed E-state index contributed by atoms with van der Waals surface area (Å²) >= 11 is 5.99. The van der Waals surface area contributed by atoms with Crippen LogP contribution in [-0.2, 0) is 11.2 Å². The van der Waals surface area contributed by atoms with Gasteiger partial charge in [0.25, 0.3) is 0 Å². The molecule has 0 saturated heterocycles. The molecule has 0 spiro atoms. The van der Waals surface area contributed by atoms with E-state index in [4.69, 9.17) is 16.3 Å². The highest BCUT2D eigenvalue weighted by atomic mass is 35.5. The van der Waals surface area contributed by atoms with Crippen molar-refractivity contribution in [2.75, 3.05) is 19.6 Å². The first kappa shape index (κ1) is 16.1. The second-order valence-electron chi connectivity index (χ2n) is 5.34. The monoisotopic (exact) mass is 310 g/mol. The number of likely N-dealkylation sites (N-methyl/N-ethyl adjacent to an activating group) is 1. The number of nitrogens with zero attached hydrogens (tertiary/aromatic N) is 1. The van der Waals surface area contributed by atoms with Crippen LogP contribution in [0.1, 0.15) is 26.3 Å². The fraction of sp³-hybridized carbons (Fsp3) is 0.562. The van der Waals surface area contributed by atoms with Crippen molar-refractivity contribution in [1.82, 2.24) is 10.2 Å². The van der Waals surface area contributed by atoms with E-state index in [0.717, 1.165) is 35.8 Å². The molecule has 21 heavy (non-hydrogen) atoms. The van der Waals surface area contributed by atoms with Gasteiger partial charge in [-0.2, -0.15) is 0 Å². The molecule has 0 aromatic heterocycles. The number of benzene rings is 1. The van der Waals surface area contributed by atoms with E-state index in [2.05, 4.69) is 5.32 Å². The van der Waals surface area contributed by atoms with Gasteiger partial charge in [-0.1, -0.05) is 11.6 Å². The topological polar surface area (TPSA) is 41.6 Å². The molecule has 1 aliphatic heterocycles. The number of fused-ring (bicyclic) bond motifs is 1. The van der Waals surface area contributed by atoms with Crippen LogP contribution in [0.3, 0.4) is 0 Å². The fourth-order valence-electron chi connectivity index (χ4n) is 2.61. The third-order valence-electron chi connectivity index (χ3n) is 3.86. The van der Waals surface area contributed by atoms with Crippen LogP contribution in [-0.4, -0.2) is 42.6 Å². The lowest BCUT2D eigenvalue weighted by molar-refractivity contribution is -0.132. The summed E-state index contributed by atoms with van der Waals surface area (Å²) in [6, 6.07) is 5.49. The maximum Gasteiger partial charge on any atom is 0.239 e.